The van der Waals surface area contributed by atoms with Gasteiger partial charge in [-0.05, 0) is 56.7 Å². The first-order valence-corrected chi connectivity index (χ1v) is 7.38. The molecular weight excluding hydrogens is 220 g/mol. The minimum Gasteiger partial charge on any atom is -0.370 e. The van der Waals surface area contributed by atoms with Gasteiger partial charge in [-0.1, -0.05) is 18.2 Å². The summed E-state index contributed by atoms with van der Waals surface area (Å²) in [6.45, 7) is 2.40. The van der Waals surface area contributed by atoms with Crippen molar-refractivity contribution in [1.82, 2.24) is 5.32 Å². The van der Waals surface area contributed by atoms with Crippen LogP contribution in [0.4, 0.5) is 5.69 Å². The number of aryl methyl sites for hydroxylation is 1. The third-order valence-electron chi connectivity index (χ3n) is 4.44. The lowest BCUT2D eigenvalue weighted by atomic mass is 10.1. The maximum absolute atomic E-state index is 3.52. The van der Waals surface area contributed by atoms with Crippen molar-refractivity contribution in [2.24, 2.45) is 5.92 Å². The van der Waals surface area contributed by atoms with Gasteiger partial charge < -0.3 is 10.2 Å². The van der Waals surface area contributed by atoms with Crippen molar-refractivity contribution in [2.75, 3.05) is 25.0 Å². The van der Waals surface area contributed by atoms with Crippen LogP contribution in [0.25, 0.3) is 0 Å². The first-order chi connectivity index (χ1) is 8.88. The minimum atomic E-state index is 0.677. The lowest BCUT2D eigenvalue weighted by Gasteiger charge is -2.29. The van der Waals surface area contributed by atoms with E-state index in [0.29, 0.717) is 6.04 Å². The number of hydrogen-bond acceptors (Lipinski definition) is 2. The van der Waals surface area contributed by atoms with E-state index in [1.165, 1.54) is 50.9 Å². The van der Waals surface area contributed by atoms with Crippen molar-refractivity contribution in [3.05, 3.63) is 29.8 Å². The number of anilines is 1. The summed E-state index contributed by atoms with van der Waals surface area (Å²) in [4.78, 5) is 2.61. The van der Waals surface area contributed by atoms with Crippen LogP contribution in [0.15, 0.2) is 24.3 Å². The highest BCUT2D eigenvalue weighted by Gasteiger charge is 2.31. The minimum absolute atomic E-state index is 0.677. The van der Waals surface area contributed by atoms with Crippen LogP contribution in [-0.4, -0.2) is 26.2 Å². The van der Waals surface area contributed by atoms with Crippen LogP contribution in [0.2, 0.25) is 0 Å². The van der Waals surface area contributed by atoms with Gasteiger partial charge in [0.05, 0.1) is 0 Å². The molecule has 1 saturated carbocycles. The molecule has 3 rings (SSSR count). The second-order valence-electron chi connectivity index (χ2n) is 5.76. The van der Waals surface area contributed by atoms with Crippen molar-refractivity contribution < 1.29 is 0 Å². The Morgan fingerprint density at radius 3 is 2.89 bits per heavy atom. The molecule has 1 N–H and O–H groups in total. The zero-order valence-electron chi connectivity index (χ0n) is 11.4. The van der Waals surface area contributed by atoms with E-state index in [2.05, 4.69) is 41.5 Å². The molecule has 1 heterocycles. The molecule has 2 nitrogen and oxygen atoms in total. The Labute approximate surface area is 110 Å². The quantitative estimate of drug-likeness (QED) is 0.876. The Balaban J connectivity index is 1.78. The predicted molar refractivity (Wildman–Crippen MR) is 77.2 cm³/mol. The molecule has 0 saturated heterocycles. The zero-order chi connectivity index (χ0) is 12.4. The third kappa shape index (κ3) is 2.54. The number of hydrogen-bond donors (Lipinski definition) is 1. The average Bonchev–Trinajstić information content (AvgIpc) is 3.23. The monoisotopic (exact) mass is 244 g/mol. The highest BCUT2D eigenvalue weighted by molar-refractivity contribution is 5.54. The molecule has 0 bridgehead atoms. The Morgan fingerprint density at radius 2 is 2.11 bits per heavy atom. The maximum atomic E-state index is 3.52. The largest absolute Gasteiger partial charge is 0.370 e. The van der Waals surface area contributed by atoms with Gasteiger partial charge in [-0.15, -0.1) is 0 Å². The molecule has 18 heavy (non-hydrogen) atoms. The SMILES string of the molecule is CNC(CN1CCCCc2ccccc21)C1CC1. The molecule has 1 aromatic rings. The fraction of sp³-hybridized carbons (Fsp3) is 0.625. The number of nitrogens with one attached hydrogen (secondary N) is 1. The Hall–Kier alpha value is -1.02. The predicted octanol–water partition coefficient (Wildman–Crippen LogP) is 2.83. The zero-order valence-corrected chi connectivity index (χ0v) is 11.4. The fourth-order valence-electron chi connectivity index (χ4n) is 3.17. The first-order valence-electron chi connectivity index (χ1n) is 7.38. The number of benzene rings is 1. The Kier molecular flexibility index (Phi) is 3.55. The van der Waals surface area contributed by atoms with E-state index >= 15 is 0 Å². The molecule has 0 amide bonds. The lowest BCUT2D eigenvalue weighted by Crippen LogP contribution is -2.41. The van der Waals surface area contributed by atoms with E-state index < -0.39 is 0 Å². The molecule has 1 aliphatic carbocycles. The van der Waals surface area contributed by atoms with Crippen molar-refractivity contribution in [3.63, 3.8) is 0 Å². The normalized spacial score (nSPS) is 21.3. The molecule has 1 atom stereocenters. The van der Waals surface area contributed by atoms with Crippen LogP contribution in [0.1, 0.15) is 31.2 Å². The van der Waals surface area contributed by atoms with Crippen LogP contribution in [0.5, 0.6) is 0 Å². The van der Waals surface area contributed by atoms with E-state index in [0.717, 1.165) is 5.92 Å². The second kappa shape index (κ2) is 5.31. The maximum Gasteiger partial charge on any atom is 0.0399 e. The number of para-hydroxylation sites is 1. The van der Waals surface area contributed by atoms with Gasteiger partial charge in [-0.2, -0.15) is 0 Å². The summed E-state index contributed by atoms with van der Waals surface area (Å²) in [6.07, 6.45) is 6.75. The fourth-order valence-corrected chi connectivity index (χ4v) is 3.17. The summed E-state index contributed by atoms with van der Waals surface area (Å²) in [5.41, 5.74) is 3.02. The van der Waals surface area contributed by atoms with Gasteiger partial charge in [-0.3, -0.25) is 0 Å². The van der Waals surface area contributed by atoms with E-state index in [1.54, 1.807) is 5.56 Å². The summed E-state index contributed by atoms with van der Waals surface area (Å²) in [6, 6.07) is 9.65. The molecule has 0 radical (unpaired) electrons. The molecule has 2 aliphatic rings. The lowest BCUT2D eigenvalue weighted by molar-refractivity contribution is 0.491. The standard InChI is InChI=1S/C16H24N2/c1-17-15(13-9-10-13)12-18-11-5-4-7-14-6-2-3-8-16(14)18/h2-3,6,8,13,15,17H,4-5,7,9-12H2,1H3. The molecule has 0 spiro atoms. The molecule has 1 unspecified atom stereocenters. The van der Waals surface area contributed by atoms with E-state index in [1.807, 2.05) is 0 Å². The van der Waals surface area contributed by atoms with E-state index in [9.17, 15) is 0 Å². The van der Waals surface area contributed by atoms with Gasteiger partial charge in [-0.25, -0.2) is 0 Å². The molecule has 1 fully saturated rings. The summed E-state index contributed by atoms with van der Waals surface area (Å²) in [7, 11) is 2.12. The van der Waals surface area contributed by atoms with Crippen LogP contribution in [-0.2, 0) is 6.42 Å². The van der Waals surface area contributed by atoms with Crippen molar-refractivity contribution in [2.45, 2.75) is 38.1 Å². The molecule has 0 aromatic heterocycles. The topological polar surface area (TPSA) is 15.3 Å². The average molecular weight is 244 g/mol. The van der Waals surface area contributed by atoms with Crippen molar-refractivity contribution >= 4 is 5.69 Å². The van der Waals surface area contributed by atoms with Crippen LogP contribution >= 0.6 is 0 Å². The number of fused-ring (bicyclic) bond motifs is 1. The van der Waals surface area contributed by atoms with Gasteiger partial charge >= 0.3 is 0 Å². The van der Waals surface area contributed by atoms with Crippen LogP contribution in [0, 0.1) is 5.92 Å². The highest BCUT2D eigenvalue weighted by atomic mass is 15.2. The molecule has 98 valence electrons. The van der Waals surface area contributed by atoms with Crippen LogP contribution in [0.3, 0.4) is 0 Å². The molecule has 2 heteroatoms. The smallest absolute Gasteiger partial charge is 0.0399 e. The van der Waals surface area contributed by atoms with Crippen LogP contribution < -0.4 is 10.2 Å². The summed E-state index contributed by atoms with van der Waals surface area (Å²) < 4.78 is 0. The summed E-state index contributed by atoms with van der Waals surface area (Å²) in [5, 5.41) is 3.52. The van der Waals surface area contributed by atoms with E-state index in [4.69, 9.17) is 0 Å². The van der Waals surface area contributed by atoms with Crippen molar-refractivity contribution in [3.8, 4) is 0 Å². The van der Waals surface area contributed by atoms with Gasteiger partial charge in [0, 0.05) is 24.8 Å². The van der Waals surface area contributed by atoms with Gasteiger partial charge in [0.1, 0.15) is 0 Å². The number of rotatable bonds is 4. The first kappa shape index (κ1) is 12.0. The van der Waals surface area contributed by atoms with Gasteiger partial charge in [0.2, 0.25) is 0 Å². The van der Waals surface area contributed by atoms with Gasteiger partial charge in [0.25, 0.3) is 0 Å². The highest BCUT2D eigenvalue weighted by Crippen LogP contribution is 2.34. The molecule has 1 aromatic carbocycles. The number of nitrogens with zero attached hydrogens (tertiary/aromatic N) is 1. The summed E-state index contributed by atoms with van der Waals surface area (Å²) in [5.74, 6) is 0.922. The summed E-state index contributed by atoms with van der Waals surface area (Å²) >= 11 is 0. The van der Waals surface area contributed by atoms with Gasteiger partial charge in [0.15, 0.2) is 0 Å². The third-order valence-corrected chi connectivity index (χ3v) is 4.44. The van der Waals surface area contributed by atoms with E-state index in [-0.39, 0.29) is 0 Å². The Bertz CT molecular complexity index is 398. The number of likely N-dealkylation sites (N-methyl/N-ethyl adjacent to an activating group) is 1. The second-order valence-corrected chi connectivity index (χ2v) is 5.76. The molecular formula is C16H24N2. The Morgan fingerprint density at radius 1 is 1.28 bits per heavy atom. The molecule has 1 aliphatic heterocycles. The van der Waals surface area contributed by atoms with Crippen molar-refractivity contribution in [1.29, 1.82) is 0 Å².